The van der Waals surface area contributed by atoms with Crippen LogP contribution < -0.4 is 20.2 Å². The minimum atomic E-state index is -1.59. The van der Waals surface area contributed by atoms with Crippen LogP contribution in [0.3, 0.4) is 0 Å². The third-order valence-electron chi connectivity index (χ3n) is 15.6. The van der Waals surface area contributed by atoms with E-state index >= 15 is 0 Å². The third kappa shape index (κ3) is 8.57. The fourth-order valence-electron chi connectivity index (χ4n) is 11.4. The molecule has 0 saturated carbocycles. The molecule has 0 amide bonds. The van der Waals surface area contributed by atoms with Crippen LogP contribution in [0.15, 0.2) is 206 Å². The molecule has 1 aromatic heterocycles. The van der Waals surface area contributed by atoms with Crippen molar-refractivity contribution in [3.63, 3.8) is 0 Å². The Balaban J connectivity index is 1.25. The van der Waals surface area contributed by atoms with Gasteiger partial charge >= 0.3 is 0 Å². The molecule has 1 aliphatic rings. The molecule has 11 rings (SSSR count). The lowest BCUT2D eigenvalue weighted by molar-refractivity contribution is 0.590. The highest BCUT2D eigenvalue weighted by Crippen LogP contribution is 2.62. The normalized spacial score (nSPS) is 13.5. The molecule has 370 valence electrons. The largest absolute Gasteiger partial charge is 0.310 e. The Bertz CT molecular complexity index is 3510. The van der Waals surface area contributed by atoms with Crippen LogP contribution in [0.2, 0.25) is 39.3 Å². The number of thiophene rings is 1. The maximum absolute atomic E-state index is 2.60. The fraction of sp³-hybridized carbons (Fsp3) is 0.217. The molecule has 0 saturated heterocycles. The number of benzene rings is 9. The summed E-state index contributed by atoms with van der Waals surface area (Å²) in [6, 6.07) is 79.4. The quantitative estimate of drug-likeness (QED) is 0.126. The van der Waals surface area contributed by atoms with E-state index in [4.69, 9.17) is 0 Å². The minimum absolute atomic E-state index is 0.0191. The van der Waals surface area contributed by atoms with Crippen LogP contribution in [0, 0.1) is 0 Å². The van der Waals surface area contributed by atoms with E-state index < -0.39 is 21.6 Å². The zero-order chi connectivity index (χ0) is 52.0. The molecular formula is C69H70N2SSi2. The molecule has 2 nitrogen and oxygen atoms in total. The van der Waals surface area contributed by atoms with E-state index in [1.165, 1.54) is 80.7 Å². The predicted molar refractivity (Wildman–Crippen MR) is 329 cm³/mol. The van der Waals surface area contributed by atoms with Crippen molar-refractivity contribution < 1.29 is 0 Å². The molecule has 74 heavy (non-hydrogen) atoms. The van der Waals surface area contributed by atoms with Gasteiger partial charge in [-0.05, 0) is 123 Å². The van der Waals surface area contributed by atoms with Gasteiger partial charge in [0.1, 0.15) is 0 Å². The summed E-state index contributed by atoms with van der Waals surface area (Å²) in [4.78, 5) is 5.04. The van der Waals surface area contributed by atoms with Crippen molar-refractivity contribution in [3.8, 4) is 11.1 Å². The van der Waals surface area contributed by atoms with Crippen molar-refractivity contribution in [2.75, 3.05) is 9.80 Å². The number of fused-ring (bicyclic) bond motifs is 7. The molecule has 1 heterocycles. The van der Waals surface area contributed by atoms with Gasteiger partial charge in [-0.1, -0.05) is 225 Å². The monoisotopic (exact) mass is 1010 g/mol. The van der Waals surface area contributed by atoms with E-state index in [0.29, 0.717) is 0 Å². The Morgan fingerprint density at radius 3 is 1.28 bits per heavy atom. The summed E-state index contributed by atoms with van der Waals surface area (Å²) in [6.45, 7) is 28.4. The maximum atomic E-state index is 2.60. The molecule has 5 heteroatoms. The maximum Gasteiger partial charge on any atom is 0.0775 e. The molecule has 0 radical (unpaired) electrons. The zero-order valence-corrected chi connectivity index (χ0v) is 48.2. The molecule has 0 spiro atoms. The van der Waals surface area contributed by atoms with Gasteiger partial charge in [0.25, 0.3) is 0 Å². The Labute approximate surface area is 447 Å². The molecule has 10 aromatic rings. The average molecular weight is 1020 g/mol. The summed E-state index contributed by atoms with van der Waals surface area (Å²) in [5, 5.41) is 5.47. The van der Waals surface area contributed by atoms with Gasteiger partial charge in [0, 0.05) is 54.2 Å². The summed E-state index contributed by atoms with van der Waals surface area (Å²) in [5.74, 6) is 0. The number of anilines is 6. The molecule has 1 aliphatic carbocycles. The van der Waals surface area contributed by atoms with Gasteiger partial charge in [-0.15, -0.1) is 11.3 Å². The first kappa shape index (κ1) is 49.4. The summed E-state index contributed by atoms with van der Waals surface area (Å²) in [7, 11) is -3.14. The number of hydrogen-bond acceptors (Lipinski definition) is 3. The Morgan fingerprint density at radius 2 is 0.824 bits per heavy atom. The highest BCUT2D eigenvalue weighted by atomic mass is 32.1. The van der Waals surface area contributed by atoms with Crippen LogP contribution in [0.1, 0.15) is 74.9 Å². The summed E-state index contributed by atoms with van der Waals surface area (Å²) in [6.07, 6.45) is 0. The van der Waals surface area contributed by atoms with E-state index in [9.17, 15) is 0 Å². The molecule has 0 aliphatic heterocycles. The Kier molecular flexibility index (Phi) is 12.2. The number of nitrogens with zero attached hydrogens (tertiary/aromatic N) is 2. The number of rotatable bonds is 10. The van der Waals surface area contributed by atoms with E-state index in [0.717, 1.165) is 28.4 Å². The molecule has 9 aromatic carbocycles. The third-order valence-corrected chi connectivity index (χ3v) is 20.9. The summed E-state index contributed by atoms with van der Waals surface area (Å²) < 4.78 is 2.60. The van der Waals surface area contributed by atoms with E-state index in [2.05, 4.69) is 297 Å². The number of hydrogen-bond donors (Lipinski definition) is 0. The summed E-state index contributed by atoms with van der Waals surface area (Å²) >= 11 is 1.94. The Hall–Kier alpha value is -6.77. The van der Waals surface area contributed by atoms with E-state index in [1.807, 2.05) is 11.3 Å². The van der Waals surface area contributed by atoms with E-state index in [-0.39, 0.29) is 10.8 Å². The second-order valence-electron chi connectivity index (χ2n) is 24.7. The lowest BCUT2D eigenvalue weighted by atomic mass is 9.67. The van der Waals surface area contributed by atoms with Crippen molar-refractivity contribution >= 4 is 92.2 Å². The second-order valence-corrected chi connectivity index (χ2v) is 35.9. The Morgan fingerprint density at radius 1 is 0.405 bits per heavy atom. The molecule has 0 atom stereocenters. The van der Waals surface area contributed by atoms with Crippen LogP contribution in [-0.2, 0) is 16.2 Å². The van der Waals surface area contributed by atoms with Gasteiger partial charge in [0.05, 0.1) is 27.3 Å². The fourth-order valence-corrected chi connectivity index (χ4v) is 15.1. The van der Waals surface area contributed by atoms with Gasteiger partial charge < -0.3 is 9.80 Å². The molecule has 0 N–H and O–H groups in total. The smallest absolute Gasteiger partial charge is 0.0775 e. The summed E-state index contributed by atoms with van der Waals surface area (Å²) in [5.41, 5.74) is 16.6. The first-order valence-electron chi connectivity index (χ1n) is 26.5. The van der Waals surface area contributed by atoms with Gasteiger partial charge in [-0.3, -0.25) is 0 Å². The topological polar surface area (TPSA) is 6.48 Å². The SMILES string of the molecule is CC(C)(C)c1ccc(N(c2ccc([Si](C)(C)C)cc2)c2ccc3c(c2)C(c2ccccc2)(c2ccccc2)c2cc(N(c4ccc(C(C)(C)C)cc4)c4ccc([Si](C)(C)C)cc4)c4c(sc5ccccc54)c2-3)cc1. The molecule has 0 unspecified atom stereocenters. The van der Waals surface area contributed by atoms with Crippen LogP contribution >= 0.6 is 11.3 Å². The van der Waals surface area contributed by atoms with Crippen LogP contribution in [0.4, 0.5) is 34.1 Å². The van der Waals surface area contributed by atoms with E-state index in [1.54, 1.807) is 0 Å². The van der Waals surface area contributed by atoms with Crippen molar-refractivity contribution in [1.29, 1.82) is 0 Å². The first-order valence-corrected chi connectivity index (χ1v) is 34.3. The molecule has 0 bridgehead atoms. The van der Waals surface area contributed by atoms with Crippen molar-refractivity contribution in [2.45, 2.75) is 97.1 Å². The highest BCUT2D eigenvalue weighted by molar-refractivity contribution is 7.26. The van der Waals surface area contributed by atoms with Crippen LogP contribution in [-0.4, -0.2) is 16.1 Å². The molecule has 0 fully saturated rings. The van der Waals surface area contributed by atoms with Crippen molar-refractivity contribution in [2.24, 2.45) is 0 Å². The van der Waals surface area contributed by atoms with Crippen LogP contribution in [0.25, 0.3) is 31.3 Å². The average Bonchev–Trinajstić information content (AvgIpc) is 3.96. The second kappa shape index (κ2) is 18.3. The minimum Gasteiger partial charge on any atom is -0.310 e. The van der Waals surface area contributed by atoms with Crippen LogP contribution in [0.5, 0.6) is 0 Å². The molecular weight excluding hydrogens is 945 g/mol. The zero-order valence-electron chi connectivity index (χ0n) is 45.4. The van der Waals surface area contributed by atoms with Crippen molar-refractivity contribution in [3.05, 3.63) is 240 Å². The predicted octanol–water partition coefficient (Wildman–Crippen LogP) is 19.0. The lowest BCUT2D eigenvalue weighted by Gasteiger charge is -2.36. The standard InChI is InChI=1S/C69H70N2SSi2/c1-67(2,3)47-27-31-51(32-28-47)70(52-35-40-56(41-36-52)73(7,8)9)55-39-44-58-60(45-55)69(49-21-15-13-16-22-49,50-23-17-14-18-24-50)61-46-62(65-59-25-19-20-26-63(59)72-66(65)64(58)61)71(53-33-29-48(30-34-53)68(4,5)6)54-37-42-57(43-38-54)74(10,11)12/h13-46H,1-12H3. The van der Waals surface area contributed by atoms with Gasteiger partial charge in [-0.2, -0.15) is 0 Å². The van der Waals surface area contributed by atoms with Gasteiger partial charge in [0.15, 0.2) is 0 Å². The van der Waals surface area contributed by atoms with Gasteiger partial charge in [0.2, 0.25) is 0 Å². The van der Waals surface area contributed by atoms with Crippen molar-refractivity contribution in [1.82, 2.24) is 0 Å². The highest BCUT2D eigenvalue weighted by Gasteiger charge is 2.48. The van der Waals surface area contributed by atoms with Gasteiger partial charge in [-0.25, -0.2) is 0 Å². The lowest BCUT2D eigenvalue weighted by Crippen LogP contribution is -2.37. The first-order chi connectivity index (χ1) is 35.2.